The number of rotatable bonds is 4. The second-order valence-corrected chi connectivity index (χ2v) is 6.28. The molecule has 4 rings (SSSR count). The summed E-state index contributed by atoms with van der Waals surface area (Å²) in [5, 5.41) is 12.5. The zero-order valence-electron chi connectivity index (χ0n) is 14.4. The number of anilines is 2. The molecule has 1 unspecified atom stereocenters. The molecule has 0 saturated carbocycles. The van der Waals surface area contributed by atoms with E-state index in [0.29, 0.717) is 17.9 Å². The molecule has 3 N–H and O–H groups in total. The number of para-hydroxylation sites is 2. The van der Waals surface area contributed by atoms with Gasteiger partial charge in [0.15, 0.2) is 5.69 Å². The van der Waals surface area contributed by atoms with E-state index in [-0.39, 0.29) is 18.1 Å². The van der Waals surface area contributed by atoms with Crippen LogP contribution in [0.5, 0.6) is 0 Å². The first-order chi connectivity index (χ1) is 13.2. The van der Waals surface area contributed by atoms with E-state index in [0.717, 1.165) is 11.3 Å². The minimum absolute atomic E-state index is 0.149. The van der Waals surface area contributed by atoms with E-state index in [1.807, 2.05) is 48.5 Å². The van der Waals surface area contributed by atoms with Crippen LogP contribution in [0.1, 0.15) is 21.8 Å². The quantitative estimate of drug-likeness (QED) is 0.662. The predicted octanol–water partition coefficient (Wildman–Crippen LogP) is 2.43. The van der Waals surface area contributed by atoms with Crippen LogP contribution < -0.4 is 16.0 Å². The van der Waals surface area contributed by atoms with Gasteiger partial charge >= 0.3 is 0 Å². The maximum atomic E-state index is 12.5. The molecule has 3 aromatic rings. The molecule has 7 nitrogen and oxygen atoms in total. The van der Waals surface area contributed by atoms with Crippen LogP contribution in [0.3, 0.4) is 0 Å². The number of nitrogens with zero attached hydrogens (tertiary/aromatic N) is 1. The summed E-state index contributed by atoms with van der Waals surface area (Å²) in [6.45, 7) is 0.281. The fraction of sp³-hybridized carbons (Fsp3) is 0.150. The SMILES string of the molecule is O=C(NC1CNc2ccccc2NC1=O)c1cc(Cc2ccccc2)on1. The average molecular weight is 362 g/mol. The van der Waals surface area contributed by atoms with Gasteiger partial charge in [0.05, 0.1) is 11.4 Å². The number of hydrogen-bond donors (Lipinski definition) is 3. The van der Waals surface area contributed by atoms with Gasteiger partial charge in [-0.15, -0.1) is 0 Å². The molecule has 1 aromatic heterocycles. The average Bonchev–Trinajstić information content (AvgIpc) is 3.09. The summed E-state index contributed by atoms with van der Waals surface area (Å²) in [6, 6.07) is 18.0. The first kappa shape index (κ1) is 16.8. The summed E-state index contributed by atoms with van der Waals surface area (Å²) in [4.78, 5) is 24.8. The van der Waals surface area contributed by atoms with Crippen LogP contribution in [0.2, 0.25) is 0 Å². The van der Waals surface area contributed by atoms with Gasteiger partial charge < -0.3 is 20.5 Å². The van der Waals surface area contributed by atoms with Crippen molar-refractivity contribution in [3.63, 3.8) is 0 Å². The van der Waals surface area contributed by atoms with Crippen LogP contribution in [0.4, 0.5) is 11.4 Å². The minimum atomic E-state index is -0.723. The Balaban J connectivity index is 1.41. The molecule has 0 bridgehead atoms. The Morgan fingerprint density at radius 2 is 1.85 bits per heavy atom. The van der Waals surface area contributed by atoms with E-state index in [2.05, 4.69) is 21.1 Å². The Morgan fingerprint density at radius 3 is 2.67 bits per heavy atom. The summed E-state index contributed by atoms with van der Waals surface area (Å²) in [7, 11) is 0. The Hall–Kier alpha value is -3.61. The first-order valence-electron chi connectivity index (χ1n) is 8.63. The van der Waals surface area contributed by atoms with Crippen molar-refractivity contribution in [3.8, 4) is 0 Å². The van der Waals surface area contributed by atoms with Crippen molar-refractivity contribution in [3.05, 3.63) is 77.7 Å². The third-order valence-electron chi connectivity index (χ3n) is 4.32. The maximum Gasteiger partial charge on any atom is 0.274 e. The van der Waals surface area contributed by atoms with Gasteiger partial charge in [-0.1, -0.05) is 47.6 Å². The summed E-state index contributed by atoms with van der Waals surface area (Å²) in [5.74, 6) is -0.151. The molecular weight excluding hydrogens is 344 g/mol. The van der Waals surface area contributed by atoms with Gasteiger partial charge in [0, 0.05) is 19.0 Å². The number of nitrogens with one attached hydrogen (secondary N) is 3. The Morgan fingerprint density at radius 1 is 1.11 bits per heavy atom. The van der Waals surface area contributed by atoms with Gasteiger partial charge in [-0.2, -0.15) is 0 Å². The second-order valence-electron chi connectivity index (χ2n) is 6.28. The monoisotopic (exact) mass is 362 g/mol. The highest BCUT2D eigenvalue weighted by Gasteiger charge is 2.26. The molecule has 7 heteroatoms. The lowest BCUT2D eigenvalue weighted by Gasteiger charge is -2.14. The fourth-order valence-electron chi connectivity index (χ4n) is 2.92. The topological polar surface area (TPSA) is 96.3 Å². The summed E-state index contributed by atoms with van der Waals surface area (Å²) < 4.78 is 5.25. The number of hydrogen-bond acceptors (Lipinski definition) is 5. The smallest absolute Gasteiger partial charge is 0.274 e. The van der Waals surface area contributed by atoms with Gasteiger partial charge in [-0.25, -0.2) is 0 Å². The van der Waals surface area contributed by atoms with Gasteiger partial charge in [0.25, 0.3) is 5.91 Å². The van der Waals surface area contributed by atoms with Gasteiger partial charge in [0.2, 0.25) is 5.91 Å². The molecule has 0 spiro atoms. The van der Waals surface area contributed by atoms with Crippen LogP contribution >= 0.6 is 0 Å². The summed E-state index contributed by atoms with van der Waals surface area (Å²) in [5.41, 5.74) is 2.71. The van der Waals surface area contributed by atoms with Crippen LogP contribution in [0.15, 0.2) is 65.2 Å². The molecule has 1 aliphatic rings. The Bertz CT molecular complexity index is 968. The van der Waals surface area contributed by atoms with Crippen molar-refractivity contribution in [1.82, 2.24) is 10.5 Å². The number of carbonyl (C=O) groups excluding carboxylic acids is 2. The molecule has 2 aromatic carbocycles. The highest BCUT2D eigenvalue weighted by Crippen LogP contribution is 2.23. The van der Waals surface area contributed by atoms with Crippen molar-refractivity contribution in [1.29, 1.82) is 0 Å². The van der Waals surface area contributed by atoms with E-state index in [1.54, 1.807) is 12.1 Å². The van der Waals surface area contributed by atoms with Crippen molar-refractivity contribution in [2.24, 2.45) is 0 Å². The standard InChI is InChI=1S/C20H18N4O3/c25-19(17-11-14(27-24-17)10-13-6-2-1-3-7-13)23-18-12-21-15-8-4-5-9-16(15)22-20(18)26/h1-9,11,18,21H,10,12H2,(H,22,26)(H,23,25). The summed E-state index contributed by atoms with van der Waals surface area (Å²) >= 11 is 0. The summed E-state index contributed by atoms with van der Waals surface area (Å²) in [6.07, 6.45) is 0.544. The van der Waals surface area contributed by atoms with E-state index in [1.165, 1.54) is 0 Å². The molecule has 2 heterocycles. The molecule has 0 aliphatic carbocycles. The number of fused-ring (bicyclic) bond motifs is 1. The number of amides is 2. The largest absolute Gasteiger partial charge is 0.381 e. The van der Waals surface area contributed by atoms with Gasteiger partial charge in [-0.05, 0) is 17.7 Å². The lowest BCUT2D eigenvalue weighted by atomic mass is 10.1. The highest BCUT2D eigenvalue weighted by molar-refractivity contribution is 6.03. The third kappa shape index (κ3) is 3.82. The lowest BCUT2D eigenvalue weighted by Crippen LogP contribution is -2.46. The van der Waals surface area contributed by atoms with Crippen molar-refractivity contribution >= 4 is 23.2 Å². The van der Waals surface area contributed by atoms with Crippen LogP contribution in [0, 0.1) is 0 Å². The van der Waals surface area contributed by atoms with E-state index in [9.17, 15) is 9.59 Å². The molecule has 0 radical (unpaired) electrons. The normalized spacial score (nSPS) is 15.9. The first-order valence-corrected chi connectivity index (χ1v) is 8.63. The molecule has 1 atom stereocenters. The predicted molar refractivity (Wildman–Crippen MR) is 101 cm³/mol. The number of aromatic nitrogens is 1. The van der Waals surface area contributed by atoms with E-state index >= 15 is 0 Å². The molecule has 27 heavy (non-hydrogen) atoms. The third-order valence-corrected chi connectivity index (χ3v) is 4.32. The van der Waals surface area contributed by atoms with Crippen LogP contribution in [-0.4, -0.2) is 29.6 Å². The fourth-order valence-corrected chi connectivity index (χ4v) is 2.92. The zero-order chi connectivity index (χ0) is 18.6. The zero-order valence-corrected chi connectivity index (χ0v) is 14.4. The molecule has 0 fully saturated rings. The second kappa shape index (κ2) is 7.33. The van der Waals surface area contributed by atoms with Crippen molar-refractivity contribution < 1.29 is 14.1 Å². The van der Waals surface area contributed by atoms with E-state index in [4.69, 9.17) is 4.52 Å². The lowest BCUT2D eigenvalue weighted by molar-refractivity contribution is -0.117. The van der Waals surface area contributed by atoms with Crippen molar-refractivity contribution in [2.45, 2.75) is 12.5 Å². The van der Waals surface area contributed by atoms with E-state index < -0.39 is 11.9 Å². The number of benzene rings is 2. The highest BCUT2D eigenvalue weighted by atomic mass is 16.5. The van der Waals surface area contributed by atoms with Crippen LogP contribution in [0.25, 0.3) is 0 Å². The molecular formula is C20H18N4O3. The van der Waals surface area contributed by atoms with Gasteiger partial charge in [0.1, 0.15) is 11.8 Å². The van der Waals surface area contributed by atoms with Crippen molar-refractivity contribution in [2.75, 3.05) is 17.2 Å². The molecule has 0 saturated heterocycles. The Kier molecular flexibility index (Phi) is 4.57. The number of carbonyl (C=O) groups is 2. The van der Waals surface area contributed by atoms with Gasteiger partial charge in [-0.3, -0.25) is 9.59 Å². The Labute approximate surface area is 155 Å². The molecule has 1 aliphatic heterocycles. The molecule has 2 amide bonds. The van der Waals surface area contributed by atoms with Crippen LogP contribution in [-0.2, 0) is 11.2 Å². The maximum absolute atomic E-state index is 12.5. The molecule has 136 valence electrons. The minimum Gasteiger partial charge on any atom is -0.381 e.